The van der Waals surface area contributed by atoms with Crippen LogP contribution in [0.25, 0.3) is 0 Å². The molecule has 1 aromatic heterocycles. The summed E-state index contributed by atoms with van der Waals surface area (Å²) in [6.07, 6.45) is 4.02. The van der Waals surface area contributed by atoms with Crippen molar-refractivity contribution in [3.8, 4) is 0 Å². The van der Waals surface area contributed by atoms with Crippen LogP contribution in [0.4, 0.5) is 0 Å². The average molecular weight is 479 g/mol. The van der Waals surface area contributed by atoms with E-state index in [0.717, 1.165) is 43.8 Å². The number of furan rings is 1. The van der Waals surface area contributed by atoms with Gasteiger partial charge >= 0.3 is 0 Å². The van der Waals surface area contributed by atoms with E-state index < -0.39 is 0 Å². The van der Waals surface area contributed by atoms with E-state index in [1.54, 1.807) is 11.2 Å². The Bertz CT molecular complexity index is 1090. The molecule has 1 atom stereocenters. The van der Waals surface area contributed by atoms with E-state index >= 15 is 0 Å². The van der Waals surface area contributed by atoms with Crippen LogP contribution in [-0.2, 0) is 14.3 Å². The van der Waals surface area contributed by atoms with E-state index in [-0.39, 0.29) is 30.3 Å². The number of amides is 2. The average Bonchev–Trinajstić information content (AvgIpc) is 3.38. The summed E-state index contributed by atoms with van der Waals surface area (Å²) in [4.78, 5) is 30.7. The Morgan fingerprint density at radius 2 is 1.91 bits per heavy atom. The number of carbonyl (C=O) groups excluding carboxylic acids is 2. The van der Waals surface area contributed by atoms with Gasteiger partial charge in [-0.15, -0.1) is 0 Å². The first-order chi connectivity index (χ1) is 17.0. The van der Waals surface area contributed by atoms with Crippen LogP contribution in [0.3, 0.4) is 0 Å². The van der Waals surface area contributed by atoms with Gasteiger partial charge in [-0.25, -0.2) is 5.01 Å². The van der Waals surface area contributed by atoms with Crippen molar-refractivity contribution in [2.75, 3.05) is 45.9 Å². The lowest BCUT2D eigenvalue weighted by molar-refractivity contribution is -0.142. The van der Waals surface area contributed by atoms with E-state index in [2.05, 4.69) is 36.9 Å². The highest BCUT2D eigenvalue weighted by Crippen LogP contribution is 2.34. The Balaban J connectivity index is 1.34. The van der Waals surface area contributed by atoms with Crippen molar-refractivity contribution >= 4 is 17.5 Å². The van der Waals surface area contributed by atoms with Crippen molar-refractivity contribution in [2.24, 2.45) is 11.0 Å². The predicted molar refractivity (Wildman–Crippen MR) is 132 cm³/mol. The van der Waals surface area contributed by atoms with Crippen LogP contribution in [0.5, 0.6) is 0 Å². The second-order valence-electron chi connectivity index (χ2n) is 9.81. The highest BCUT2D eigenvalue weighted by molar-refractivity contribution is 6.03. The lowest BCUT2D eigenvalue weighted by Gasteiger charge is -2.31. The van der Waals surface area contributed by atoms with Gasteiger partial charge in [0.2, 0.25) is 5.91 Å². The first-order valence-corrected chi connectivity index (χ1v) is 12.6. The summed E-state index contributed by atoms with van der Waals surface area (Å²) in [5.41, 5.74) is 4.28. The summed E-state index contributed by atoms with van der Waals surface area (Å²) in [5.74, 6) is 0.663. The minimum Gasteiger partial charge on any atom is -0.467 e. The summed E-state index contributed by atoms with van der Waals surface area (Å²) < 4.78 is 11.1. The van der Waals surface area contributed by atoms with E-state index in [1.807, 2.05) is 12.1 Å². The number of rotatable bonds is 8. The van der Waals surface area contributed by atoms with Gasteiger partial charge in [-0.3, -0.25) is 14.5 Å². The minimum absolute atomic E-state index is 0.0284. The molecule has 1 saturated carbocycles. The fraction of sp³-hybridized carbons (Fsp3) is 0.519. The molecule has 1 unspecified atom stereocenters. The molecule has 1 saturated heterocycles. The number of morpholine rings is 1. The highest BCUT2D eigenvalue weighted by Gasteiger charge is 2.38. The van der Waals surface area contributed by atoms with Gasteiger partial charge in [0.15, 0.2) is 0 Å². The fourth-order valence-corrected chi connectivity index (χ4v) is 4.72. The van der Waals surface area contributed by atoms with Gasteiger partial charge in [0.05, 0.1) is 25.2 Å². The zero-order valence-electron chi connectivity index (χ0n) is 20.6. The molecule has 3 aliphatic rings. The van der Waals surface area contributed by atoms with Gasteiger partial charge < -0.3 is 14.1 Å². The molecule has 1 aliphatic carbocycles. The van der Waals surface area contributed by atoms with Crippen LogP contribution in [0, 0.1) is 19.8 Å². The van der Waals surface area contributed by atoms with Crippen molar-refractivity contribution in [1.29, 1.82) is 0 Å². The zero-order valence-corrected chi connectivity index (χ0v) is 20.6. The number of carbonyl (C=O) groups is 2. The summed E-state index contributed by atoms with van der Waals surface area (Å²) in [5, 5.41) is 6.30. The van der Waals surface area contributed by atoms with Gasteiger partial charge in [-0.1, -0.05) is 12.1 Å². The van der Waals surface area contributed by atoms with Crippen LogP contribution in [0.1, 0.15) is 47.8 Å². The molecule has 186 valence electrons. The SMILES string of the molecule is Cc1ccc(C2=NN(C(=O)CN(CCN3CCOCC3)C(=O)C3CC3)C(c3ccco3)C2)cc1C. The molecule has 2 amide bonds. The molecule has 0 spiro atoms. The van der Waals surface area contributed by atoms with Gasteiger partial charge in [-0.05, 0) is 61.6 Å². The lowest BCUT2D eigenvalue weighted by atomic mass is 9.99. The molecule has 5 rings (SSSR count). The fourth-order valence-electron chi connectivity index (χ4n) is 4.72. The van der Waals surface area contributed by atoms with Crippen LogP contribution in [0.15, 0.2) is 46.1 Å². The Hall–Kier alpha value is -2.97. The summed E-state index contributed by atoms with van der Waals surface area (Å²) in [7, 11) is 0. The number of hydrogen-bond donors (Lipinski definition) is 0. The quantitative estimate of drug-likeness (QED) is 0.583. The second kappa shape index (κ2) is 10.3. The van der Waals surface area contributed by atoms with Crippen LogP contribution >= 0.6 is 0 Å². The maximum absolute atomic E-state index is 13.6. The van der Waals surface area contributed by atoms with E-state index in [1.165, 1.54) is 16.1 Å². The number of ether oxygens (including phenoxy) is 1. The topological polar surface area (TPSA) is 78.6 Å². The molecule has 3 heterocycles. The Kier molecular flexibility index (Phi) is 7.02. The minimum atomic E-state index is -0.314. The molecule has 2 aliphatic heterocycles. The molecule has 35 heavy (non-hydrogen) atoms. The van der Waals surface area contributed by atoms with Crippen molar-refractivity contribution < 1.29 is 18.7 Å². The van der Waals surface area contributed by atoms with E-state index in [4.69, 9.17) is 14.3 Å². The molecular formula is C27H34N4O4. The van der Waals surface area contributed by atoms with Crippen molar-refractivity contribution in [3.05, 3.63) is 59.0 Å². The molecule has 8 nitrogen and oxygen atoms in total. The largest absolute Gasteiger partial charge is 0.467 e. The van der Waals surface area contributed by atoms with Crippen molar-refractivity contribution in [2.45, 2.75) is 39.2 Å². The lowest BCUT2D eigenvalue weighted by Crippen LogP contribution is -2.47. The molecule has 0 bridgehead atoms. The van der Waals surface area contributed by atoms with Gasteiger partial charge in [0.25, 0.3) is 5.91 Å². The van der Waals surface area contributed by atoms with E-state index in [0.29, 0.717) is 31.9 Å². The Morgan fingerprint density at radius 1 is 1.11 bits per heavy atom. The summed E-state index contributed by atoms with van der Waals surface area (Å²) in [6.45, 7) is 8.61. The first-order valence-electron chi connectivity index (χ1n) is 12.6. The second-order valence-corrected chi connectivity index (χ2v) is 9.81. The first kappa shape index (κ1) is 23.8. The molecule has 2 fully saturated rings. The third-order valence-electron chi connectivity index (χ3n) is 7.23. The number of hydrazone groups is 1. The number of benzene rings is 1. The van der Waals surface area contributed by atoms with Crippen LogP contribution in [-0.4, -0.2) is 78.3 Å². The van der Waals surface area contributed by atoms with Crippen LogP contribution < -0.4 is 0 Å². The Morgan fingerprint density at radius 3 is 2.60 bits per heavy atom. The van der Waals surface area contributed by atoms with Gasteiger partial charge in [0, 0.05) is 38.5 Å². The summed E-state index contributed by atoms with van der Waals surface area (Å²) >= 11 is 0. The van der Waals surface area contributed by atoms with Crippen molar-refractivity contribution in [3.63, 3.8) is 0 Å². The summed E-state index contributed by atoms with van der Waals surface area (Å²) in [6, 6.07) is 9.66. The maximum Gasteiger partial charge on any atom is 0.262 e. The van der Waals surface area contributed by atoms with Crippen molar-refractivity contribution in [1.82, 2.24) is 14.8 Å². The molecular weight excluding hydrogens is 444 g/mol. The van der Waals surface area contributed by atoms with E-state index in [9.17, 15) is 9.59 Å². The molecule has 0 N–H and O–H groups in total. The van der Waals surface area contributed by atoms with Gasteiger partial charge in [0.1, 0.15) is 18.3 Å². The molecule has 8 heteroatoms. The van der Waals surface area contributed by atoms with Crippen LogP contribution in [0.2, 0.25) is 0 Å². The molecule has 1 aromatic carbocycles. The maximum atomic E-state index is 13.6. The zero-order chi connectivity index (χ0) is 24.4. The third-order valence-corrected chi connectivity index (χ3v) is 7.23. The Labute approximate surface area is 206 Å². The highest BCUT2D eigenvalue weighted by atomic mass is 16.5. The molecule has 2 aromatic rings. The molecule has 0 radical (unpaired) electrons. The number of hydrogen-bond acceptors (Lipinski definition) is 6. The smallest absolute Gasteiger partial charge is 0.262 e. The third kappa shape index (κ3) is 5.49. The standard InChI is InChI=1S/C27H34N4O4/c1-19-5-6-22(16-20(19)2)23-17-24(25-4-3-13-35-25)31(28-23)26(32)18-30(27(33)21-7-8-21)10-9-29-11-14-34-15-12-29/h3-6,13,16,21,24H,7-12,14-15,17-18H2,1-2H3. The monoisotopic (exact) mass is 478 g/mol. The number of nitrogens with zero attached hydrogens (tertiary/aromatic N) is 4. The normalized spacial score (nSPS) is 20.7. The number of aryl methyl sites for hydroxylation is 2. The van der Waals surface area contributed by atoms with Gasteiger partial charge in [-0.2, -0.15) is 5.10 Å². The predicted octanol–water partition coefficient (Wildman–Crippen LogP) is 3.14.